The van der Waals surface area contributed by atoms with Crippen molar-refractivity contribution in [2.24, 2.45) is 4.99 Å². The molecule has 0 saturated heterocycles. The third-order valence-electron chi connectivity index (χ3n) is 3.73. The van der Waals surface area contributed by atoms with E-state index in [0.29, 0.717) is 19.0 Å². The number of hydrogen-bond donors (Lipinski definition) is 2. The van der Waals surface area contributed by atoms with Crippen molar-refractivity contribution in [2.45, 2.75) is 18.4 Å². The van der Waals surface area contributed by atoms with Crippen LogP contribution in [0.4, 0.5) is 4.39 Å². The van der Waals surface area contributed by atoms with Gasteiger partial charge in [-0.15, -0.1) is 24.0 Å². The van der Waals surface area contributed by atoms with Gasteiger partial charge in [-0.1, -0.05) is 24.3 Å². The van der Waals surface area contributed by atoms with E-state index in [2.05, 4.69) is 15.6 Å². The first-order chi connectivity index (χ1) is 13.0. The first-order valence-corrected chi connectivity index (χ1v) is 10.2. The Morgan fingerprint density at radius 1 is 1.14 bits per heavy atom. The number of benzene rings is 2. The molecular formula is C19H25FIN3O3S. The standard InChI is InChI=1S/C19H24FN3O3S.HI/c1-3-21-19(23-14-15-7-6-8-16(13-15)26-2)22-11-12-27(24,25)18-10-5-4-9-17(18)20;/h4-10,13H,3,11-12,14H2,1-2H3,(H2,21,22,23);1H. The second-order valence-electron chi connectivity index (χ2n) is 5.72. The monoisotopic (exact) mass is 521 g/mol. The second kappa shape index (κ2) is 11.8. The van der Waals surface area contributed by atoms with Crippen molar-refractivity contribution in [3.8, 4) is 5.75 Å². The number of rotatable bonds is 8. The molecule has 0 spiro atoms. The van der Waals surface area contributed by atoms with Gasteiger partial charge in [-0.25, -0.2) is 17.8 Å². The summed E-state index contributed by atoms with van der Waals surface area (Å²) in [6.07, 6.45) is 0. The van der Waals surface area contributed by atoms with E-state index in [0.717, 1.165) is 17.4 Å². The molecule has 0 aromatic heterocycles. The fourth-order valence-electron chi connectivity index (χ4n) is 2.39. The molecular weight excluding hydrogens is 496 g/mol. The van der Waals surface area contributed by atoms with Gasteiger partial charge >= 0.3 is 0 Å². The quantitative estimate of drug-likeness (QED) is 0.317. The summed E-state index contributed by atoms with van der Waals surface area (Å²) >= 11 is 0. The van der Waals surface area contributed by atoms with E-state index in [-0.39, 0.29) is 41.2 Å². The number of ether oxygens (including phenoxy) is 1. The smallest absolute Gasteiger partial charge is 0.191 e. The highest BCUT2D eigenvalue weighted by Gasteiger charge is 2.18. The normalized spacial score (nSPS) is 11.5. The van der Waals surface area contributed by atoms with Gasteiger partial charge in [0.1, 0.15) is 16.5 Å². The number of guanidine groups is 1. The Kier molecular flexibility index (Phi) is 10.2. The molecule has 2 aromatic carbocycles. The zero-order chi connectivity index (χ0) is 19.7. The van der Waals surface area contributed by atoms with E-state index in [4.69, 9.17) is 4.74 Å². The average molecular weight is 521 g/mol. The number of nitrogens with one attached hydrogen (secondary N) is 2. The number of hydrogen-bond acceptors (Lipinski definition) is 4. The fourth-order valence-corrected chi connectivity index (χ4v) is 3.64. The lowest BCUT2D eigenvalue weighted by atomic mass is 10.2. The van der Waals surface area contributed by atoms with Crippen LogP contribution < -0.4 is 15.4 Å². The SMILES string of the molecule is CCNC(=NCc1cccc(OC)c1)NCCS(=O)(=O)c1ccccc1F.I. The molecule has 0 saturated carbocycles. The Morgan fingerprint density at radius 2 is 1.89 bits per heavy atom. The van der Waals surface area contributed by atoms with Crippen LogP contribution in [0.5, 0.6) is 5.75 Å². The van der Waals surface area contributed by atoms with Crippen LogP contribution in [0.15, 0.2) is 58.4 Å². The van der Waals surface area contributed by atoms with Crippen LogP contribution in [0.25, 0.3) is 0 Å². The van der Waals surface area contributed by atoms with Crippen molar-refractivity contribution >= 4 is 39.8 Å². The van der Waals surface area contributed by atoms with E-state index in [9.17, 15) is 12.8 Å². The van der Waals surface area contributed by atoms with Gasteiger partial charge in [-0.05, 0) is 36.8 Å². The molecule has 0 amide bonds. The van der Waals surface area contributed by atoms with Crippen molar-refractivity contribution in [1.82, 2.24) is 10.6 Å². The summed E-state index contributed by atoms with van der Waals surface area (Å²) in [6.45, 7) is 3.07. The second-order valence-corrected chi connectivity index (χ2v) is 7.80. The lowest BCUT2D eigenvalue weighted by Crippen LogP contribution is -2.39. The molecule has 0 aliphatic heterocycles. The van der Waals surface area contributed by atoms with E-state index in [1.54, 1.807) is 7.11 Å². The topological polar surface area (TPSA) is 79.8 Å². The van der Waals surface area contributed by atoms with Crippen LogP contribution in [0.3, 0.4) is 0 Å². The summed E-state index contributed by atoms with van der Waals surface area (Å²) in [5.41, 5.74) is 0.963. The Morgan fingerprint density at radius 3 is 2.57 bits per heavy atom. The predicted octanol–water partition coefficient (Wildman–Crippen LogP) is 2.98. The highest BCUT2D eigenvalue weighted by molar-refractivity contribution is 14.0. The summed E-state index contributed by atoms with van der Waals surface area (Å²) < 4.78 is 43.5. The van der Waals surface area contributed by atoms with Crippen LogP contribution in [0.1, 0.15) is 12.5 Å². The van der Waals surface area contributed by atoms with Gasteiger partial charge in [0, 0.05) is 13.1 Å². The molecule has 2 N–H and O–H groups in total. The first-order valence-electron chi connectivity index (χ1n) is 8.58. The average Bonchev–Trinajstić information content (AvgIpc) is 2.66. The van der Waals surface area contributed by atoms with E-state index in [1.807, 2.05) is 31.2 Å². The maximum atomic E-state index is 13.7. The molecule has 6 nitrogen and oxygen atoms in total. The van der Waals surface area contributed by atoms with Crippen molar-refractivity contribution in [1.29, 1.82) is 0 Å². The first kappa shape index (κ1) is 24.2. The molecule has 2 rings (SSSR count). The van der Waals surface area contributed by atoms with Gasteiger partial charge in [0.25, 0.3) is 0 Å². The van der Waals surface area contributed by atoms with Crippen molar-refractivity contribution in [3.05, 3.63) is 59.9 Å². The fraction of sp³-hybridized carbons (Fsp3) is 0.316. The molecule has 2 aromatic rings. The minimum Gasteiger partial charge on any atom is -0.497 e. The maximum absolute atomic E-state index is 13.7. The van der Waals surface area contributed by atoms with Crippen molar-refractivity contribution in [3.63, 3.8) is 0 Å². The molecule has 154 valence electrons. The van der Waals surface area contributed by atoms with Crippen LogP contribution in [-0.4, -0.2) is 40.3 Å². The number of methoxy groups -OCH3 is 1. The van der Waals surface area contributed by atoms with Gasteiger partial charge in [0.15, 0.2) is 15.8 Å². The number of nitrogens with zero attached hydrogens (tertiary/aromatic N) is 1. The van der Waals surface area contributed by atoms with Gasteiger partial charge < -0.3 is 15.4 Å². The Bertz CT molecular complexity index is 891. The predicted molar refractivity (Wildman–Crippen MR) is 120 cm³/mol. The highest BCUT2D eigenvalue weighted by atomic mass is 127. The molecule has 0 radical (unpaired) electrons. The third kappa shape index (κ3) is 7.27. The van der Waals surface area contributed by atoms with Gasteiger partial charge in [0.05, 0.1) is 19.4 Å². The zero-order valence-corrected chi connectivity index (χ0v) is 19.0. The van der Waals surface area contributed by atoms with E-state index < -0.39 is 15.7 Å². The molecule has 0 heterocycles. The van der Waals surface area contributed by atoms with Gasteiger partial charge in [-0.3, -0.25) is 0 Å². The summed E-state index contributed by atoms with van der Waals surface area (Å²) in [7, 11) is -2.11. The minimum atomic E-state index is -3.71. The maximum Gasteiger partial charge on any atom is 0.191 e. The molecule has 0 fully saturated rings. The lowest BCUT2D eigenvalue weighted by molar-refractivity contribution is 0.414. The molecule has 28 heavy (non-hydrogen) atoms. The zero-order valence-electron chi connectivity index (χ0n) is 15.8. The van der Waals surface area contributed by atoms with Crippen molar-refractivity contribution in [2.75, 3.05) is 26.0 Å². The van der Waals surface area contributed by atoms with Crippen LogP contribution in [-0.2, 0) is 16.4 Å². The van der Waals surface area contributed by atoms with E-state index in [1.165, 1.54) is 18.2 Å². The number of sulfone groups is 1. The molecule has 0 bridgehead atoms. The third-order valence-corrected chi connectivity index (χ3v) is 5.48. The minimum absolute atomic E-state index is 0. The van der Waals surface area contributed by atoms with Crippen LogP contribution in [0, 0.1) is 5.82 Å². The molecule has 0 atom stereocenters. The summed E-state index contributed by atoms with van der Waals surface area (Å²) in [6, 6.07) is 12.9. The Balaban J connectivity index is 0.00000392. The summed E-state index contributed by atoms with van der Waals surface area (Å²) in [4.78, 5) is 4.15. The lowest BCUT2D eigenvalue weighted by Gasteiger charge is -2.12. The van der Waals surface area contributed by atoms with Crippen LogP contribution >= 0.6 is 24.0 Å². The Labute approximate surface area is 182 Å². The van der Waals surface area contributed by atoms with Gasteiger partial charge in [-0.2, -0.15) is 0 Å². The molecule has 0 aliphatic rings. The molecule has 0 unspecified atom stereocenters. The van der Waals surface area contributed by atoms with E-state index >= 15 is 0 Å². The Hall–Kier alpha value is -1.88. The van der Waals surface area contributed by atoms with Crippen LogP contribution in [0.2, 0.25) is 0 Å². The largest absolute Gasteiger partial charge is 0.497 e. The number of halogens is 2. The highest BCUT2D eigenvalue weighted by Crippen LogP contribution is 2.15. The summed E-state index contributed by atoms with van der Waals surface area (Å²) in [5, 5.41) is 6.03. The van der Waals surface area contributed by atoms with Gasteiger partial charge in [0.2, 0.25) is 0 Å². The summed E-state index contributed by atoms with van der Waals surface area (Å²) in [5.74, 6) is 0.258. The van der Waals surface area contributed by atoms with Crippen molar-refractivity contribution < 1.29 is 17.5 Å². The number of aliphatic imine (C=N–C) groups is 1. The molecule has 9 heteroatoms. The molecule has 0 aliphatic carbocycles.